The molecule has 2 aliphatic rings. The fraction of sp³-hybridized carbons (Fsp3) is 0.941. The van der Waals surface area contributed by atoms with Crippen LogP contribution in [0, 0.1) is 5.92 Å². The number of carbonyl (C=O) groups is 1. The van der Waals surface area contributed by atoms with E-state index in [4.69, 9.17) is 9.47 Å². The lowest BCUT2D eigenvalue weighted by atomic mass is 9.96. The molecule has 2 rings (SSSR count). The van der Waals surface area contributed by atoms with E-state index >= 15 is 0 Å². The molecule has 0 aromatic heterocycles. The topological polar surface area (TPSA) is 59.0 Å². The Labute approximate surface area is 134 Å². The van der Waals surface area contributed by atoms with Crippen molar-refractivity contribution in [1.82, 2.24) is 4.90 Å². The highest BCUT2D eigenvalue weighted by Gasteiger charge is 2.32. The Morgan fingerprint density at radius 3 is 2.41 bits per heavy atom. The molecule has 1 aliphatic heterocycles. The van der Waals surface area contributed by atoms with Crippen molar-refractivity contribution in [2.75, 3.05) is 26.3 Å². The molecular weight excluding hydrogens is 282 g/mol. The Morgan fingerprint density at radius 1 is 1.18 bits per heavy atom. The summed E-state index contributed by atoms with van der Waals surface area (Å²) in [7, 11) is 0. The van der Waals surface area contributed by atoms with Crippen molar-refractivity contribution in [2.45, 2.75) is 70.6 Å². The minimum atomic E-state index is -0.450. The van der Waals surface area contributed by atoms with Crippen LogP contribution in [0.25, 0.3) is 0 Å². The predicted molar refractivity (Wildman–Crippen MR) is 84.6 cm³/mol. The summed E-state index contributed by atoms with van der Waals surface area (Å²) in [6.45, 7) is 8.30. The van der Waals surface area contributed by atoms with E-state index in [1.54, 1.807) is 0 Å². The Bertz CT molecular complexity index is 358. The molecule has 0 aromatic rings. The van der Waals surface area contributed by atoms with Gasteiger partial charge in [0, 0.05) is 6.04 Å². The number of aliphatic hydroxyl groups is 1. The van der Waals surface area contributed by atoms with Crippen LogP contribution in [0.5, 0.6) is 0 Å². The minimum absolute atomic E-state index is 0.0405. The van der Waals surface area contributed by atoms with Crippen molar-refractivity contribution in [3.05, 3.63) is 0 Å². The van der Waals surface area contributed by atoms with Gasteiger partial charge in [0.05, 0.1) is 12.7 Å². The Kier molecular flexibility index (Phi) is 6.24. The second-order valence-corrected chi connectivity index (χ2v) is 7.65. The van der Waals surface area contributed by atoms with Gasteiger partial charge in [-0.2, -0.15) is 0 Å². The second-order valence-electron chi connectivity index (χ2n) is 7.65. The molecule has 1 saturated heterocycles. The smallest absolute Gasteiger partial charge is 0.332 e. The molecule has 0 bridgehead atoms. The van der Waals surface area contributed by atoms with Gasteiger partial charge in [-0.15, -0.1) is 0 Å². The van der Waals surface area contributed by atoms with E-state index in [2.05, 4.69) is 4.90 Å². The van der Waals surface area contributed by atoms with Crippen molar-refractivity contribution >= 4 is 5.97 Å². The van der Waals surface area contributed by atoms with Crippen LogP contribution >= 0.6 is 0 Å². The molecule has 1 N–H and O–H groups in total. The molecule has 0 amide bonds. The summed E-state index contributed by atoms with van der Waals surface area (Å²) < 4.78 is 10.7. The second kappa shape index (κ2) is 7.75. The van der Waals surface area contributed by atoms with Gasteiger partial charge in [-0.1, -0.05) is 0 Å². The number of nitrogens with zero attached hydrogens (tertiary/aromatic N) is 1. The van der Waals surface area contributed by atoms with Crippen molar-refractivity contribution in [1.29, 1.82) is 0 Å². The van der Waals surface area contributed by atoms with Gasteiger partial charge < -0.3 is 14.6 Å². The first-order valence-electron chi connectivity index (χ1n) is 8.57. The molecule has 5 heteroatoms. The maximum absolute atomic E-state index is 11.6. The minimum Gasteiger partial charge on any atom is -0.458 e. The zero-order valence-corrected chi connectivity index (χ0v) is 14.2. The van der Waals surface area contributed by atoms with Crippen LogP contribution in [-0.2, 0) is 14.3 Å². The molecule has 0 radical (unpaired) electrons. The van der Waals surface area contributed by atoms with Gasteiger partial charge in [0.1, 0.15) is 12.2 Å². The molecule has 0 aromatic carbocycles. The average Bonchev–Trinajstić information content (AvgIpc) is 2.84. The fourth-order valence-electron chi connectivity index (χ4n) is 3.48. The first kappa shape index (κ1) is 17.7. The van der Waals surface area contributed by atoms with Crippen LogP contribution in [0.4, 0.5) is 0 Å². The summed E-state index contributed by atoms with van der Waals surface area (Å²) in [6.07, 6.45) is 5.24. The summed E-state index contributed by atoms with van der Waals surface area (Å²) in [6, 6.07) is 0.364. The van der Waals surface area contributed by atoms with Crippen molar-refractivity contribution < 1.29 is 19.4 Å². The number of esters is 1. The zero-order valence-electron chi connectivity index (χ0n) is 14.2. The number of aliphatic hydroxyl groups excluding tert-OH is 1. The summed E-state index contributed by atoms with van der Waals surface area (Å²) in [4.78, 5) is 14.0. The summed E-state index contributed by atoms with van der Waals surface area (Å²) in [5.74, 6) is 0.219. The molecule has 128 valence electrons. The average molecular weight is 313 g/mol. The van der Waals surface area contributed by atoms with E-state index in [0.29, 0.717) is 18.6 Å². The summed E-state index contributed by atoms with van der Waals surface area (Å²) in [5, 5.41) is 9.98. The third kappa shape index (κ3) is 5.52. The van der Waals surface area contributed by atoms with Gasteiger partial charge in [-0.05, 0) is 71.9 Å². The monoisotopic (exact) mass is 313 g/mol. The van der Waals surface area contributed by atoms with Gasteiger partial charge in [0.15, 0.2) is 0 Å². The van der Waals surface area contributed by atoms with E-state index in [1.807, 2.05) is 20.8 Å². The normalized spacial score (nSPS) is 28.0. The summed E-state index contributed by atoms with van der Waals surface area (Å²) >= 11 is 0. The number of carbonyl (C=O) groups excluding carboxylic acids is 1. The quantitative estimate of drug-likeness (QED) is 0.786. The van der Waals surface area contributed by atoms with Gasteiger partial charge in [0.2, 0.25) is 0 Å². The predicted octanol–water partition coefficient (Wildman–Crippen LogP) is 1.97. The third-order valence-corrected chi connectivity index (χ3v) is 4.56. The maximum Gasteiger partial charge on any atom is 0.332 e. The Morgan fingerprint density at radius 2 is 1.86 bits per heavy atom. The van der Waals surface area contributed by atoms with Crippen LogP contribution < -0.4 is 0 Å². The molecule has 1 saturated carbocycles. The lowest BCUT2D eigenvalue weighted by Crippen LogP contribution is -2.45. The molecule has 2 atom stereocenters. The highest BCUT2D eigenvalue weighted by Crippen LogP contribution is 2.28. The number of piperidine rings is 1. The van der Waals surface area contributed by atoms with Gasteiger partial charge in [-0.25, -0.2) is 4.79 Å². The number of likely N-dealkylation sites (tertiary alicyclic amines) is 1. The lowest BCUT2D eigenvalue weighted by Gasteiger charge is -2.37. The Hall–Kier alpha value is -0.650. The highest BCUT2D eigenvalue weighted by atomic mass is 16.6. The molecule has 1 heterocycles. The van der Waals surface area contributed by atoms with Crippen LogP contribution in [0.2, 0.25) is 0 Å². The number of hydrogen-bond donors (Lipinski definition) is 1. The third-order valence-electron chi connectivity index (χ3n) is 4.56. The maximum atomic E-state index is 11.6. The largest absolute Gasteiger partial charge is 0.458 e. The first-order valence-corrected chi connectivity index (χ1v) is 8.57. The first-order chi connectivity index (χ1) is 10.3. The van der Waals surface area contributed by atoms with E-state index in [-0.39, 0.29) is 18.7 Å². The molecule has 22 heavy (non-hydrogen) atoms. The van der Waals surface area contributed by atoms with Crippen molar-refractivity contribution in [3.8, 4) is 0 Å². The van der Waals surface area contributed by atoms with Gasteiger partial charge in [0.25, 0.3) is 0 Å². The van der Waals surface area contributed by atoms with Crippen LogP contribution in [0.15, 0.2) is 0 Å². The highest BCUT2D eigenvalue weighted by molar-refractivity contribution is 5.71. The molecular formula is C17H31NO4. The Balaban J connectivity index is 1.60. The lowest BCUT2D eigenvalue weighted by molar-refractivity contribution is -0.160. The van der Waals surface area contributed by atoms with E-state index < -0.39 is 5.60 Å². The fourth-order valence-corrected chi connectivity index (χ4v) is 3.48. The standard InChI is InChI=1S/C17H31NO4/c1-17(2,3)22-16(20)12-21-11-13-7-9-18(10-8-13)14-5-4-6-15(14)19/h13-15,19H,4-12H2,1-3H3/t14-,15-/m0/s1. The molecule has 2 fully saturated rings. The number of ether oxygens (including phenoxy) is 2. The van der Waals surface area contributed by atoms with Crippen molar-refractivity contribution in [3.63, 3.8) is 0 Å². The number of hydrogen-bond acceptors (Lipinski definition) is 5. The SMILES string of the molecule is CC(C)(C)OC(=O)COCC1CCN([C@H]2CCC[C@@H]2O)CC1. The van der Waals surface area contributed by atoms with Crippen LogP contribution in [-0.4, -0.2) is 60.0 Å². The van der Waals surface area contributed by atoms with Crippen LogP contribution in [0.3, 0.4) is 0 Å². The molecule has 5 nitrogen and oxygen atoms in total. The van der Waals surface area contributed by atoms with E-state index in [0.717, 1.165) is 45.2 Å². The van der Waals surface area contributed by atoms with E-state index in [1.165, 1.54) is 0 Å². The van der Waals surface area contributed by atoms with Crippen LogP contribution in [0.1, 0.15) is 52.9 Å². The number of rotatable bonds is 5. The molecule has 0 spiro atoms. The van der Waals surface area contributed by atoms with Gasteiger partial charge in [-0.3, -0.25) is 4.90 Å². The zero-order chi connectivity index (χ0) is 16.2. The summed E-state index contributed by atoms with van der Waals surface area (Å²) in [5.41, 5.74) is -0.450. The van der Waals surface area contributed by atoms with E-state index in [9.17, 15) is 9.90 Å². The molecule has 1 aliphatic carbocycles. The van der Waals surface area contributed by atoms with Crippen molar-refractivity contribution in [2.24, 2.45) is 5.92 Å². The van der Waals surface area contributed by atoms with Gasteiger partial charge >= 0.3 is 5.97 Å². The molecule has 0 unspecified atom stereocenters.